The van der Waals surface area contributed by atoms with Crippen LogP contribution in [0.1, 0.15) is 37.4 Å². The zero-order chi connectivity index (χ0) is 22.4. The summed E-state index contributed by atoms with van der Waals surface area (Å²) in [5.41, 5.74) is 3.55. The highest BCUT2D eigenvalue weighted by atomic mass is 32.1. The van der Waals surface area contributed by atoms with Crippen molar-refractivity contribution in [1.82, 2.24) is 14.8 Å². The van der Waals surface area contributed by atoms with E-state index in [0.29, 0.717) is 30.3 Å². The quantitative estimate of drug-likeness (QED) is 0.499. The molecule has 6 nitrogen and oxygen atoms in total. The van der Waals surface area contributed by atoms with Crippen LogP contribution < -0.4 is 0 Å². The lowest BCUT2D eigenvalue weighted by Gasteiger charge is -2.33. The zero-order valence-corrected chi connectivity index (χ0v) is 19.2. The van der Waals surface area contributed by atoms with Crippen molar-refractivity contribution >= 4 is 44.1 Å². The predicted molar refractivity (Wildman–Crippen MR) is 127 cm³/mol. The smallest absolute Gasteiger partial charge is 0.270 e. The first-order chi connectivity index (χ1) is 15.4. The van der Waals surface area contributed by atoms with Gasteiger partial charge in [0.1, 0.15) is 11.8 Å². The number of aryl methyl sites for hydroxylation is 1. The van der Waals surface area contributed by atoms with Crippen molar-refractivity contribution in [3.8, 4) is 0 Å². The van der Waals surface area contributed by atoms with Crippen molar-refractivity contribution in [3.05, 3.63) is 70.2 Å². The van der Waals surface area contributed by atoms with Crippen molar-refractivity contribution in [2.45, 2.75) is 13.0 Å². The van der Waals surface area contributed by atoms with Gasteiger partial charge >= 0.3 is 0 Å². The van der Waals surface area contributed by atoms with Gasteiger partial charge in [0.15, 0.2) is 0 Å². The lowest BCUT2D eigenvalue weighted by molar-refractivity contribution is -0.0224. The Morgan fingerprint density at radius 3 is 2.72 bits per heavy atom. The minimum atomic E-state index is -0.353. The third-order valence-corrected chi connectivity index (χ3v) is 7.20. The van der Waals surface area contributed by atoms with Gasteiger partial charge in [0.25, 0.3) is 11.8 Å². The standard InChI is InChI=1S/C25H25N3O3S/c1-15-7-6-9-18-17(15)13-19(26-18)24(29)28-11-12-31-20(14-28)22-16-8-4-5-10-21(16)32-23(22)25(30)27(2)3/h4-10,13,20,26H,11-12,14H2,1-3H3/t20-/m1/s1. The Hall–Kier alpha value is -3.16. The molecule has 0 spiro atoms. The lowest BCUT2D eigenvalue weighted by atomic mass is 10.0. The van der Waals surface area contributed by atoms with E-state index < -0.39 is 0 Å². The Labute approximate surface area is 190 Å². The van der Waals surface area contributed by atoms with E-state index >= 15 is 0 Å². The number of fused-ring (bicyclic) bond motifs is 2. The highest BCUT2D eigenvalue weighted by Crippen LogP contribution is 2.39. The summed E-state index contributed by atoms with van der Waals surface area (Å²) in [6.07, 6.45) is -0.353. The van der Waals surface area contributed by atoms with Crippen LogP contribution in [-0.2, 0) is 4.74 Å². The minimum Gasteiger partial charge on any atom is -0.370 e. The van der Waals surface area contributed by atoms with E-state index in [1.54, 1.807) is 19.0 Å². The van der Waals surface area contributed by atoms with Crippen LogP contribution in [0.2, 0.25) is 0 Å². The molecule has 2 aromatic heterocycles. The molecule has 1 atom stereocenters. The molecule has 164 valence electrons. The van der Waals surface area contributed by atoms with Crippen molar-refractivity contribution < 1.29 is 14.3 Å². The monoisotopic (exact) mass is 447 g/mol. The summed E-state index contributed by atoms with van der Waals surface area (Å²) in [7, 11) is 3.51. The van der Waals surface area contributed by atoms with Gasteiger partial charge in [-0.25, -0.2) is 0 Å². The van der Waals surface area contributed by atoms with E-state index in [-0.39, 0.29) is 17.9 Å². The molecular weight excluding hydrogens is 422 g/mol. The van der Waals surface area contributed by atoms with Crippen molar-refractivity contribution in [2.24, 2.45) is 0 Å². The number of aromatic amines is 1. The van der Waals surface area contributed by atoms with Gasteiger partial charge in [-0.2, -0.15) is 0 Å². The van der Waals surface area contributed by atoms with Gasteiger partial charge in [-0.15, -0.1) is 11.3 Å². The average Bonchev–Trinajstić information content (AvgIpc) is 3.41. The summed E-state index contributed by atoms with van der Waals surface area (Å²) in [5, 5.41) is 2.08. The number of carbonyl (C=O) groups excluding carboxylic acids is 2. The number of benzene rings is 2. The number of nitrogens with zero attached hydrogens (tertiary/aromatic N) is 2. The number of rotatable bonds is 3. The number of H-pyrrole nitrogens is 1. The second-order valence-electron chi connectivity index (χ2n) is 8.37. The number of hydrogen-bond donors (Lipinski definition) is 1. The molecule has 5 rings (SSSR count). The fraction of sp³-hybridized carbons (Fsp3) is 0.280. The Bertz CT molecular complexity index is 1340. The first-order valence-electron chi connectivity index (χ1n) is 10.7. The summed E-state index contributed by atoms with van der Waals surface area (Å²) in [4.78, 5) is 33.7. The van der Waals surface area contributed by atoms with Crippen LogP contribution in [0.25, 0.3) is 21.0 Å². The molecule has 1 saturated heterocycles. The maximum atomic E-state index is 13.4. The summed E-state index contributed by atoms with van der Waals surface area (Å²) < 4.78 is 7.17. The summed E-state index contributed by atoms with van der Waals surface area (Å²) in [5.74, 6) is -0.0896. The van der Waals surface area contributed by atoms with Gasteiger partial charge in [-0.3, -0.25) is 9.59 Å². The number of amides is 2. The van der Waals surface area contributed by atoms with Crippen molar-refractivity contribution in [2.75, 3.05) is 33.8 Å². The molecule has 7 heteroatoms. The molecule has 2 amide bonds. The molecule has 1 aliphatic rings. The summed E-state index contributed by atoms with van der Waals surface area (Å²) in [6.45, 7) is 3.39. The van der Waals surface area contributed by atoms with E-state index in [4.69, 9.17) is 4.74 Å². The average molecular weight is 448 g/mol. The molecule has 3 heterocycles. The third-order valence-electron chi connectivity index (χ3n) is 6.02. The van der Waals surface area contributed by atoms with E-state index in [9.17, 15) is 9.59 Å². The minimum absolute atomic E-state index is 0.0423. The number of aromatic nitrogens is 1. The number of morpholine rings is 1. The van der Waals surface area contributed by atoms with Gasteiger partial charge in [-0.1, -0.05) is 30.3 Å². The highest BCUT2D eigenvalue weighted by molar-refractivity contribution is 7.21. The van der Waals surface area contributed by atoms with Crippen LogP contribution in [0.3, 0.4) is 0 Å². The van der Waals surface area contributed by atoms with Gasteiger partial charge in [0.05, 0.1) is 18.0 Å². The zero-order valence-electron chi connectivity index (χ0n) is 18.3. The topological polar surface area (TPSA) is 65.6 Å². The fourth-order valence-electron chi connectivity index (χ4n) is 4.35. The molecule has 1 aliphatic heterocycles. The first-order valence-corrected chi connectivity index (χ1v) is 11.5. The molecule has 4 aromatic rings. The Kier molecular flexibility index (Phi) is 5.23. The van der Waals surface area contributed by atoms with Crippen molar-refractivity contribution in [1.29, 1.82) is 0 Å². The molecule has 0 bridgehead atoms. The van der Waals surface area contributed by atoms with Crippen LogP contribution >= 0.6 is 11.3 Å². The number of carbonyl (C=O) groups is 2. The van der Waals surface area contributed by atoms with Crippen molar-refractivity contribution in [3.63, 3.8) is 0 Å². The van der Waals surface area contributed by atoms with E-state index in [2.05, 4.69) is 4.98 Å². The number of nitrogens with one attached hydrogen (secondary N) is 1. The molecule has 0 aliphatic carbocycles. The van der Waals surface area contributed by atoms with Gasteiger partial charge < -0.3 is 19.5 Å². The maximum Gasteiger partial charge on any atom is 0.270 e. The Balaban J connectivity index is 1.49. The Morgan fingerprint density at radius 1 is 1.12 bits per heavy atom. The highest BCUT2D eigenvalue weighted by Gasteiger charge is 2.32. The Morgan fingerprint density at radius 2 is 1.94 bits per heavy atom. The third kappa shape index (κ3) is 3.47. The molecule has 32 heavy (non-hydrogen) atoms. The van der Waals surface area contributed by atoms with Gasteiger partial charge in [0.2, 0.25) is 0 Å². The molecule has 0 unspecified atom stereocenters. The SMILES string of the molecule is Cc1cccc2[nH]c(C(=O)N3CCO[C@@H](c4c(C(=O)N(C)C)sc5ccccc45)C3)cc12. The number of thiophene rings is 1. The number of ether oxygens (including phenoxy) is 1. The molecule has 0 saturated carbocycles. The fourth-order valence-corrected chi connectivity index (χ4v) is 5.62. The van der Waals surface area contributed by atoms with E-state index in [1.807, 2.05) is 60.4 Å². The van der Waals surface area contributed by atoms with Crippen LogP contribution in [0.4, 0.5) is 0 Å². The molecular formula is C25H25N3O3S. The maximum absolute atomic E-state index is 13.4. The molecule has 0 radical (unpaired) electrons. The second-order valence-corrected chi connectivity index (χ2v) is 9.42. The first kappa shape index (κ1) is 20.7. The molecule has 1 N–H and O–H groups in total. The molecule has 2 aromatic carbocycles. The van der Waals surface area contributed by atoms with Crippen LogP contribution in [0, 0.1) is 6.92 Å². The molecule has 1 fully saturated rings. The summed E-state index contributed by atoms with van der Waals surface area (Å²) in [6, 6.07) is 15.9. The van der Waals surface area contributed by atoms with Crippen LogP contribution in [0.5, 0.6) is 0 Å². The van der Waals surface area contributed by atoms with E-state index in [1.165, 1.54) is 11.3 Å². The van der Waals surface area contributed by atoms with Crippen LogP contribution in [-0.4, -0.2) is 60.4 Å². The van der Waals surface area contributed by atoms with E-state index in [0.717, 1.165) is 32.1 Å². The summed E-state index contributed by atoms with van der Waals surface area (Å²) >= 11 is 1.48. The normalized spacial score (nSPS) is 16.6. The van der Waals surface area contributed by atoms with Gasteiger partial charge in [-0.05, 0) is 36.1 Å². The largest absolute Gasteiger partial charge is 0.370 e. The van der Waals surface area contributed by atoms with Gasteiger partial charge in [0, 0.05) is 41.8 Å². The second kappa shape index (κ2) is 8.07. The predicted octanol–water partition coefficient (Wildman–Crippen LogP) is 4.61. The number of hydrogen-bond acceptors (Lipinski definition) is 4. The van der Waals surface area contributed by atoms with Crippen LogP contribution in [0.15, 0.2) is 48.5 Å². The lowest BCUT2D eigenvalue weighted by Crippen LogP contribution is -2.42.